The number of carboxylic acids is 2. The van der Waals surface area contributed by atoms with Crippen molar-refractivity contribution in [2.45, 2.75) is 20.8 Å². The van der Waals surface area contributed by atoms with E-state index < -0.39 is 11.9 Å². The third-order valence-corrected chi connectivity index (χ3v) is 1.52. The number of hydrogen-bond acceptors (Lipinski definition) is 2. The van der Waals surface area contributed by atoms with E-state index in [4.69, 9.17) is 15.0 Å². The zero-order chi connectivity index (χ0) is 12.0. The Morgan fingerprint density at radius 3 is 1.50 bits per heavy atom. The summed E-state index contributed by atoms with van der Waals surface area (Å²) in [5, 5.41) is 15.0. The third kappa shape index (κ3) is 117. The summed E-state index contributed by atoms with van der Waals surface area (Å²) in [4.78, 5) is 18.2. The van der Waals surface area contributed by atoms with E-state index in [0.717, 1.165) is 13.0 Å². The highest BCUT2D eigenvalue weighted by Gasteiger charge is 1.73. The van der Waals surface area contributed by atoms with E-state index in [9.17, 15) is 4.79 Å². The van der Waals surface area contributed by atoms with E-state index in [1.54, 1.807) is 8.58 Å². The van der Waals surface area contributed by atoms with Crippen LogP contribution in [-0.2, 0) is 9.59 Å². The number of hydrogen-bond donors (Lipinski definition) is 2. The zero-order valence-corrected chi connectivity index (χ0v) is 9.75. The highest BCUT2D eigenvalue weighted by Crippen LogP contribution is 2.03. The largest absolute Gasteiger partial charge is 0.481 e. The summed E-state index contributed by atoms with van der Waals surface area (Å²) in [6, 6.07) is 0. The summed E-state index contributed by atoms with van der Waals surface area (Å²) in [6.07, 6.45) is 3.47. The lowest BCUT2D eigenvalue weighted by Gasteiger charge is -1.78. The molecule has 0 aliphatic rings. The summed E-state index contributed by atoms with van der Waals surface area (Å²) >= 11 is 0. The zero-order valence-electron chi connectivity index (χ0n) is 8.86. The summed E-state index contributed by atoms with van der Waals surface area (Å²) in [5.74, 6) is -1.81. The molecule has 0 amide bonds. The Morgan fingerprint density at radius 2 is 1.50 bits per heavy atom. The molecule has 0 aliphatic heterocycles. The van der Waals surface area contributed by atoms with Crippen molar-refractivity contribution in [3.63, 3.8) is 0 Å². The van der Waals surface area contributed by atoms with E-state index in [1.807, 2.05) is 0 Å². The minimum atomic E-state index is -0.981. The molecule has 0 rings (SSSR count). The van der Waals surface area contributed by atoms with Crippen LogP contribution in [-0.4, -0.2) is 34.5 Å². The van der Waals surface area contributed by atoms with Gasteiger partial charge in [-0.1, -0.05) is 29.0 Å². The second-order valence-electron chi connectivity index (χ2n) is 1.92. The molecule has 0 aromatic heterocycles. The average Bonchev–Trinajstić information content (AvgIpc) is 2.06. The molecule has 5 heteroatoms. The summed E-state index contributed by atoms with van der Waals surface area (Å²) in [6.45, 7) is 8.44. The monoisotopic (exact) mass is 221 g/mol. The van der Waals surface area contributed by atoms with Crippen molar-refractivity contribution in [2.75, 3.05) is 12.3 Å². The molecular weight excluding hydrogens is 203 g/mol. The SMILES string of the molecule is C=CC(=O)O.CC(=O)O.CC[P]CC. The fraction of sp³-hybridized carbons (Fsp3) is 0.556. The van der Waals surface area contributed by atoms with Crippen molar-refractivity contribution in [3.05, 3.63) is 12.7 Å². The third-order valence-electron chi connectivity index (χ3n) is 0.622. The average molecular weight is 221 g/mol. The van der Waals surface area contributed by atoms with Crippen LogP contribution in [0.5, 0.6) is 0 Å². The van der Waals surface area contributed by atoms with Crippen molar-refractivity contribution in [3.8, 4) is 0 Å². The first-order chi connectivity index (χ1) is 6.42. The van der Waals surface area contributed by atoms with Crippen LogP contribution in [0.15, 0.2) is 12.7 Å². The van der Waals surface area contributed by atoms with Gasteiger partial charge in [-0.2, -0.15) is 0 Å². The normalized spacial score (nSPS) is 7.07. The van der Waals surface area contributed by atoms with Gasteiger partial charge in [-0.25, -0.2) is 4.79 Å². The number of carbonyl (C=O) groups is 2. The molecule has 14 heavy (non-hydrogen) atoms. The molecule has 0 saturated carbocycles. The maximum Gasteiger partial charge on any atom is 0.327 e. The van der Waals surface area contributed by atoms with Crippen LogP contribution >= 0.6 is 8.58 Å². The van der Waals surface area contributed by atoms with Crippen LogP contribution in [0.25, 0.3) is 0 Å². The van der Waals surface area contributed by atoms with Gasteiger partial charge in [-0.05, 0) is 12.3 Å². The van der Waals surface area contributed by atoms with Gasteiger partial charge in [0.05, 0.1) is 0 Å². The number of carboxylic acid groups (broad SMARTS) is 2. The lowest BCUT2D eigenvalue weighted by molar-refractivity contribution is -0.134. The van der Waals surface area contributed by atoms with Gasteiger partial charge in [0.15, 0.2) is 0 Å². The van der Waals surface area contributed by atoms with Gasteiger partial charge in [0.2, 0.25) is 0 Å². The molecule has 4 nitrogen and oxygen atoms in total. The molecule has 0 aromatic carbocycles. The van der Waals surface area contributed by atoms with Crippen molar-refractivity contribution in [2.24, 2.45) is 0 Å². The number of rotatable bonds is 3. The molecular formula is C9H18O4P. The summed E-state index contributed by atoms with van der Waals surface area (Å²) in [7, 11) is 1.58. The quantitative estimate of drug-likeness (QED) is 0.566. The Labute approximate surface area is 86.8 Å². The Bertz CT molecular complexity index is 151. The van der Waals surface area contributed by atoms with Crippen LogP contribution in [0.3, 0.4) is 0 Å². The van der Waals surface area contributed by atoms with Crippen molar-refractivity contribution in [1.29, 1.82) is 0 Å². The molecule has 0 aromatic rings. The van der Waals surface area contributed by atoms with Crippen LogP contribution < -0.4 is 0 Å². The molecule has 0 heterocycles. The minimum Gasteiger partial charge on any atom is -0.481 e. The predicted octanol–water partition coefficient (Wildman–Crippen LogP) is 2.32. The lowest BCUT2D eigenvalue weighted by atomic mass is 10.7. The summed E-state index contributed by atoms with van der Waals surface area (Å²) in [5.41, 5.74) is 0. The smallest absolute Gasteiger partial charge is 0.327 e. The molecule has 0 aliphatic carbocycles. The van der Waals surface area contributed by atoms with Gasteiger partial charge in [0, 0.05) is 13.0 Å². The molecule has 0 saturated heterocycles. The fourth-order valence-electron chi connectivity index (χ4n) is 0.224. The van der Waals surface area contributed by atoms with Crippen LogP contribution in [0.1, 0.15) is 20.8 Å². The minimum absolute atomic E-state index is 0.833. The van der Waals surface area contributed by atoms with Crippen LogP contribution in [0, 0.1) is 0 Å². The molecule has 0 fully saturated rings. The van der Waals surface area contributed by atoms with Gasteiger partial charge >= 0.3 is 5.97 Å². The topological polar surface area (TPSA) is 74.6 Å². The van der Waals surface area contributed by atoms with Gasteiger partial charge in [-0.3, -0.25) is 4.79 Å². The lowest BCUT2D eigenvalue weighted by Crippen LogP contribution is -1.82. The van der Waals surface area contributed by atoms with Crippen LogP contribution in [0.4, 0.5) is 0 Å². The molecule has 0 bridgehead atoms. The molecule has 0 unspecified atom stereocenters. The van der Waals surface area contributed by atoms with E-state index >= 15 is 0 Å². The van der Waals surface area contributed by atoms with E-state index in [-0.39, 0.29) is 0 Å². The Balaban J connectivity index is -0.000000131. The molecule has 83 valence electrons. The van der Waals surface area contributed by atoms with Gasteiger partial charge in [0.25, 0.3) is 5.97 Å². The molecule has 2 N–H and O–H groups in total. The summed E-state index contributed by atoms with van der Waals surface area (Å²) < 4.78 is 0. The second kappa shape index (κ2) is 18.0. The van der Waals surface area contributed by atoms with E-state index in [0.29, 0.717) is 0 Å². The first-order valence-electron chi connectivity index (χ1n) is 4.10. The molecule has 0 spiro atoms. The maximum absolute atomic E-state index is 9.25. The Morgan fingerprint density at radius 1 is 1.29 bits per heavy atom. The first-order valence-corrected chi connectivity index (χ1v) is 5.36. The number of aliphatic carboxylic acids is 2. The second-order valence-corrected chi connectivity index (χ2v) is 3.63. The maximum atomic E-state index is 9.25. The highest BCUT2D eigenvalue weighted by molar-refractivity contribution is 7.37. The van der Waals surface area contributed by atoms with E-state index in [2.05, 4.69) is 20.4 Å². The van der Waals surface area contributed by atoms with Crippen LogP contribution in [0.2, 0.25) is 0 Å². The van der Waals surface area contributed by atoms with Crippen molar-refractivity contribution in [1.82, 2.24) is 0 Å². The molecule has 0 atom stereocenters. The first kappa shape index (κ1) is 18.8. The Kier molecular flexibility index (Phi) is 24.2. The Hall–Kier alpha value is -0.890. The fourth-order valence-corrected chi connectivity index (χ4v) is 0.671. The predicted molar refractivity (Wildman–Crippen MR) is 59.1 cm³/mol. The van der Waals surface area contributed by atoms with Crippen molar-refractivity contribution < 1.29 is 19.8 Å². The van der Waals surface area contributed by atoms with Gasteiger partial charge in [0.1, 0.15) is 0 Å². The van der Waals surface area contributed by atoms with Gasteiger partial charge < -0.3 is 10.2 Å². The molecule has 1 radical (unpaired) electrons. The standard InChI is InChI=1S/C4H10P.C3H4O2.C2H4O2/c1-3-5-4-2;1-2-3(4)5;1-2(3)4/h3-4H2,1-2H3;2H,1H2,(H,4,5);1H3,(H,3,4). The van der Waals surface area contributed by atoms with Crippen molar-refractivity contribution >= 4 is 20.5 Å². The highest BCUT2D eigenvalue weighted by atomic mass is 31.1. The van der Waals surface area contributed by atoms with E-state index in [1.165, 1.54) is 12.3 Å². The van der Waals surface area contributed by atoms with Gasteiger partial charge in [-0.15, -0.1) is 0 Å².